The molecule has 1 aliphatic carbocycles. The number of aromatic amines is 1. The standard InChI is InChI=1S/C16H17ClN2O2/c1-9-3-5-11(6-4-9)13-14(17)18-16(21)19(15(13)20)12-7-10(2)8-12/h3-6,10,12H,7-8H2,1-2H3,(H,18,21). The Morgan fingerprint density at radius 3 is 2.38 bits per heavy atom. The van der Waals surface area contributed by atoms with Crippen LogP contribution in [0.4, 0.5) is 0 Å². The highest BCUT2D eigenvalue weighted by atomic mass is 35.5. The monoisotopic (exact) mass is 304 g/mol. The van der Waals surface area contributed by atoms with Gasteiger partial charge >= 0.3 is 5.69 Å². The summed E-state index contributed by atoms with van der Waals surface area (Å²) in [6.07, 6.45) is 1.72. The molecule has 3 rings (SSSR count). The van der Waals surface area contributed by atoms with Gasteiger partial charge in [0.2, 0.25) is 0 Å². The summed E-state index contributed by atoms with van der Waals surface area (Å²) < 4.78 is 1.32. The Bertz CT molecular complexity index is 783. The minimum absolute atomic E-state index is 0.0160. The third-order valence-corrected chi connectivity index (χ3v) is 4.43. The predicted molar refractivity (Wildman–Crippen MR) is 83.9 cm³/mol. The molecule has 4 nitrogen and oxygen atoms in total. The Morgan fingerprint density at radius 2 is 1.81 bits per heavy atom. The zero-order valence-electron chi connectivity index (χ0n) is 12.0. The summed E-state index contributed by atoms with van der Waals surface area (Å²) in [5.74, 6) is 0.555. The number of nitrogens with one attached hydrogen (secondary N) is 1. The summed E-state index contributed by atoms with van der Waals surface area (Å²) in [5, 5.41) is 0.109. The van der Waals surface area contributed by atoms with Crippen molar-refractivity contribution in [2.24, 2.45) is 5.92 Å². The van der Waals surface area contributed by atoms with E-state index >= 15 is 0 Å². The van der Waals surface area contributed by atoms with Gasteiger partial charge in [-0.25, -0.2) is 4.79 Å². The molecule has 0 spiro atoms. The van der Waals surface area contributed by atoms with Gasteiger partial charge in [-0.05, 0) is 31.2 Å². The molecule has 0 unspecified atom stereocenters. The van der Waals surface area contributed by atoms with E-state index in [-0.39, 0.29) is 16.8 Å². The van der Waals surface area contributed by atoms with Crippen LogP contribution in [0.2, 0.25) is 5.15 Å². The largest absolute Gasteiger partial charge is 0.329 e. The fourth-order valence-electron chi connectivity index (χ4n) is 2.90. The maximum absolute atomic E-state index is 12.7. The zero-order chi connectivity index (χ0) is 15.1. The average Bonchev–Trinajstić information content (AvgIpc) is 2.38. The van der Waals surface area contributed by atoms with E-state index in [9.17, 15) is 9.59 Å². The Balaban J connectivity index is 2.17. The molecule has 0 bridgehead atoms. The molecule has 0 atom stereocenters. The number of halogens is 1. The number of benzene rings is 1. The lowest BCUT2D eigenvalue weighted by atomic mass is 9.81. The van der Waals surface area contributed by atoms with Crippen LogP contribution in [0.15, 0.2) is 33.9 Å². The van der Waals surface area contributed by atoms with Gasteiger partial charge in [-0.15, -0.1) is 0 Å². The maximum Gasteiger partial charge on any atom is 0.329 e. The molecule has 110 valence electrons. The van der Waals surface area contributed by atoms with E-state index in [1.54, 1.807) is 0 Å². The van der Waals surface area contributed by atoms with Crippen molar-refractivity contribution in [1.82, 2.24) is 9.55 Å². The van der Waals surface area contributed by atoms with Crippen molar-refractivity contribution in [3.8, 4) is 11.1 Å². The summed E-state index contributed by atoms with van der Waals surface area (Å²) in [6.45, 7) is 4.10. The lowest BCUT2D eigenvalue weighted by Gasteiger charge is -2.33. The first-order chi connectivity index (χ1) is 9.97. The highest BCUT2D eigenvalue weighted by molar-refractivity contribution is 6.32. The highest BCUT2D eigenvalue weighted by Crippen LogP contribution is 2.36. The second-order valence-electron chi connectivity index (χ2n) is 5.89. The first kappa shape index (κ1) is 14.1. The van der Waals surface area contributed by atoms with Crippen molar-refractivity contribution < 1.29 is 0 Å². The van der Waals surface area contributed by atoms with Gasteiger partial charge in [-0.3, -0.25) is 14.3 Å². The Kier molecular flexibility index (Phi) is 3.49. The molecule has 21 heavy (non-hydrogen) atoms. The third kappa shape index (κ3) is 2.44. The van der Waals surface area contributed by atoms with E-state index in [2.05, 4.69) is 11.9 Å². The molecule has 0 amide bonds. The van der Waals surface area contributed by atoms with Gasteiger partial charge in [0.25, 0.3) is 5.56 Å². The number of hydrogen-bond acceptors (Lipinski definition) is 2. The smallest absolute Gasteiger partial charge is 0.297 e. The van der Waals surface area contributed by atoms with Crippen LogP contribution in [-0.4, -0.2) is 9.55 Å². The van der Waals surface area contributed by atoms with E-state index < -0.39 is 5.69 Å². The zero-order valence-corrected chi connectivity index (χ0v) is 12.8. The highest BCUT2D eigenvalue weighted by Gasteiger charge is 2.30. The van der Waals surface area contributed by atoms with E-state index in [1.165, 1.54) is 4.57 Å². The van der Waals surface area contributed by atoms with Crippen LogP contribution in [0.1, 0.15) is 31.4 Å². The summed E-state index contributed by atoms with van der Waals surface area (Å²) in [5.41, 5.74) is 1.48. The number of rotatable bonds is 2. The van der Waals surface area contributed by atoms with Crippen molar-refractivity contribution in [1.29, 1.82) is 0 Å². The quantitative estimate of drug-likeness (QED) is 0.867. The SMILES string of the molecule is Cc1ccc(-c2c(Cl)[nH]c(=O)n(C3CC(C)C3)c2=O)cc1. The Morgan fingerprint density at radius 1 is 1.19 bits per heavy atom. The molecular formula is C16H17ClN2O2. The van der Waals surface area contributed by atoms with Crippen LogP contribution in [0, 0.1) is 12.8 Å². The first-order valence-electron chi connectivity index (χ1n) is 7.08. The summed E-state index contributed by atoms with van der Waals surface area (Å²) in [4.78, 5) is 27.4. The normalized spacial score (nSPS) is 21.1. The number of aromatic nitrogens is 2. The van der Waals surface area contributed by atoms with E-state index in [4.69, 9.17) is 11.6 Å². The summed E-state index contributed by atoms with van der Waals surface area (Å²) in [7, 11) is 0. The molecule has 1 fully saturated rings. The summed E-state index contributed by atoms with van der Waals surface area (Å²) >= 11 is 6.11. The third-order valence-electron chi connectivity index (χ3n) is 4.14. The molecule has 1 aromatic heterocycles. The van der Waals surface area contributed by atoms with Gasteiger partial charge < -0.3 is 0 Å². The number of nitrogens with zero attached hydrogens (tertiary/aromatic N) is 1. The van der Waals surface area contributed by atoms with Crippen molar-refractivity contribution >= 4 is 11.6 Å². The predicted octanol–water partition coefficient (Wildman–Crippen LogP) is 3.14. The van der Waals surface area contributed by atoms with Crippen molar-refractivity contribution in [3.63, 3.8) is 0 Å². The second kappa shape index (κ2) is 5.19. The van der Waals surface area contributed by atoms with Gasteiger partial charge in [0.1, 0.15) is 5.15 Å². The summed E-state index contributed by atoms with van der Waals surface area (Å²) in [6, 6.07) is 7.53. The van der Waals surface area contributed by atoms with Crippen LogP contribution in [-0.2, 0) is 0 Å². The van der Waals surface area contributed by atoms with E-state index in [1.807, 2.05) is 31.2 Å². The molecule has 1 aliphatic rings. The van der Waals surface area contributed by atoms with Crippen molar-refractivity contribution in [2.75, 3.05) is 0 Å². The molecule has 0 radical (unpaired) electrons. The van der Waals surface area contributed by atoms with E-state index in [0.29, 0.717) is 11.5 Å². The van der Waals surface area contributed by atoms with Crippen LogP contribution < -0.4 is 11.2 Å². The minimum Gasteiger partial charge on any atom is -0.297 e. The first-order valence-corrected chi connectivity index (χ1v) is 7.46. The maximum atomic E-state index is 12.7. The van der Waals surface area contributed by atoms with Crippen LogP contribution in [0.25, 0.3) is 11.1 Å². The van der Waals surface area contributed by atoms with Gasteiger partial charge in [-0.2, -0.15) is 0 Å². The molecule has 1 N–H and O–H groups in total. The molecule has 2 aromatic rings. The molecular weight excluding hydrogens is 288 g/mol. The van der Waals surface area contributed by atoms with Crippen LogP contribution >= 0.6 is 11.6 Å². The lowest BCUT2D eigenvalue weighted by Crippen LogP contribution is -2.43. The number of H-pyrrole nitrogens is 1. The van der Waals surface area contributed by atoms with Gasteiger partial charge in [0, 0.05) is 6.04 Å². The minimum atomic E-state index is -0.419. The van der Waals surface area contributed by atoms with Crippen LogP contribution in [0.5, 0.6) is 0 Å². The fourth-order valence-corrected chi connectivity index (χ4v) is 3.17. The van der Waals surface area contributed by atoms with Gasteiger partial charge in [-0.1, -0.05) is 48.4 Å². The molecule has 0 saturated heterocycles. The molecule has 1 saturated carbocycles. The Hall–Kier alpha value is -1.81. The topological polar surface area (TPSA) is 54.9 Å². The molecule has 0 aliphatic heterocycles. The molecule has 1 heterocycles. The molecule has 1 aromatic carbocycles. The average molecular weight is 305 g/mol. The number of aryl methyl sites for hydroxylation is 1. The Labute approximate surface area is 127 Å². The van der Waals surface area contributed by atoms with Gasteiger partial charge in [0.05, 0.1) is 5.56 Å². The van der Waals surface area contributed by atoms with Crippen molar-refractivity contribution in [2.45, 2.75) is 32.7 Å². The van der Waals surface area contributed by atoms with E-state index in [0.717, 1.165) is 24.0 Å². The lowest BCUT2D eigenvalue weighted by molar-refractivity contribution is 0.205. The molecule has 5 heteroatoms. The van der Waals surface area contributed by atoms with Gasteiger partial charge in [0.15, 0.2) is 0 Å². The second-order valence-corrected chi connectivity index (χ2v) is 6.27. The number of hydrogen-bond donors (Lipinski definition) is 1. The van der Waals surface area contributed by atoms with Crippen molar-refractivity contribution in [3.05, 3.63) is 55.8 Å². The fraction of sp³-hybridized carbons (Fsp3) is 0.375. The van der Waals surface area contributed by atoms with Crippen LogP contribution in [0.3, 0.4) is 0 Å².